The molecular weight excluding hydrogens is 255 g/mol. The quantitative estimate of drug-likeness (QED) is 0.738. The maximum Gasteiger partial charge on any atom is 0.259 e. The highest BCUT2D eigenvalue weighted by molar-refractivity contribution is 9.10. The normalized spacial score (nSPS) is 10.6. The van der Waals surface area contributed by atoms with Gasteiger partial charge in [0.1, 0.15) is 0 Å². The minimum atomic E-state index is -0.226. The summed E-state index contributed by atoms with van der Waals surface area (Å²) in [7, 11) is 0. The molecule has 2 aromatic rings. The van der Waals surface area contributed by atoms with Crippen LogP contribution in [-0.2, 0) is 0 Å². The lowest BCUT2D eigenvalue weighted by Crippen LogP contribution is -2.07. The van der Waals surface area contributed by atoms with Crippen LogP contribution in [0.25, 0.3) is 10.9 Å². The van der Waals surface area contributed by atoms with Gasteiger partial charge in [-0.3, -0.25) is 9.78 Å². The molecule has 0 spiro atoms. The standard InChI is InChI=1S/C8H4BrClN2O/c9-4-1-2-6-5(3-4)7(13)12-8(10)11-6/h1-3H,(H,11,12,13). The lowest BCUT2D eigenvalue weighted by Gasteiger charge is -1.96. The maximum absolute atomic E-state index is 11.4. The molecule has 0 saturated heterocycles. The summed E-state index contributed by atoms with van der Waals surface area (Å²) in [5.74, 6) is 0. The first-order chi connectivity index (χ1) is 6.16. The fourth-order valence-corrected chi connectivity index (χ4v) is 1.62. The van der Waals surface area contributed by atoms with Crippen LogP contribution in [0.3, 0.4) is 0 Å². The number of halogens is 2. The first kappa shape index (κ1) is 8.72. The third-order valence-electron chi connectivity index (χ3n) is 1.64. The fraction of sp³-hybridized carbons (Fsp3) is 0. The summed E-state index contributed by atoms with van der Waals surface area (Å²) < 4.78 is 0.842. The van der Waals surface area contributed by atoms with Crippen LogP contribution < -0.4 is 5.56 Å². The number of H-pyrrole nitrogens is 1. The number of hydrogen-bond donors (Lipinski definition) is 1. The summed E-state index contributed by atoms with van der Waals surface area (Å²) in [6.45, 7) is 0. The van der Waals surface area contributed by atoms with Crippen molar-refractivity contribution in [3.8, 4) is 0 Å². The van der Waals surface area contributed by atoms with Crippen LogP contribution in [0.2, 0.25) is 5.28 Å². The van der Waals surface area contributed by atoms with Gasteiger partial charge in [0.15, 0.2) is 0 Å². The Bertz CT molecular complexity index is 523. The number of nitrogens with one attached hydrogen (secondary N) is 1. The highest BCUT2D eigenvalue weighted by Gasteiger charge is 2.01. The zero-order valence-electron chi connectivity index (χ0n) is 6.34. The minimum absolute atomic E-state index is 0.111. The maximum atomic E-state index is 11.4. The molecule has 2 rings (SSSR count). The highest BCUT2D eigenvalue weighted by Crippen LogP contribution is 2.15. The molecule has 0 aliphatic heterocycles. The van der Waals surface area contributed by atoms with Crippen LogP contribution in [0.4, 0.5) is 0 Å². The van der Waals surface area contributed by atoms with Gasteiger partial charge in [0, 0.05) is 4.47 Å². The summed E-state index contributed by atoms with van der Waals surface area (Å²) in [6, 6.07) is 5.25. The van der Waals surface area contributed by atoms with Gasteiger partial charge in [0.25, 0.3) is 5.56 Å². The molecule has 1 aromatic heterocycles. The average Bonchev–Trinajstić information content (AvgIpc) is 2.06. The smallest absolute Gasteiger partial charge is 0.259 e. The Morgan fingerprint density at radius 1 is 1.46 bits per heavy atom. The van der Waals surface area contributed by atoms with Crippen molar-refractivity contribution in [1.82, 2.24) is 9.97 Å². The van der Waals surface area contributed by atoms with E-state index in [9.17, 15) is 4.79 Å². The highest BCUT2D eigenvalue weighted by atomic mass is 79.9. The van der Waals surface area contributed by atoms with E-state index in [1.807, 2.05) is 6.07 Å². The molecule has 3 nitrogen and oxygen atoms in total. The molecular formula is C8H4BrClN2O. The van der Waals surface area contributed by atoms with Crippen molar-refractivity contribution in [2.24, 2.45) is 0 Å². The Hall–Kier alpha value is -0.870. The molecule has 1 heterocycles. The van der Waals surface area contributed by atoms with Crippen LogP contribution in [0.15, 0.2) is 27.5 Å². The second-order valence-corrected chi connectivity index (χ2v) is 3.79. The number of rotatable bonds is 0. The van der Waals surface area contributed by atoms with Crippen LogP contribution in [0.1, 0.15) is 0 Å². The number of fused-ring (bicyclic) bond motifs is 1. The van der Waals surface area contributed by atoms with Gasteiger partial charge in [-0.15, -0.1) is 0 Å². The van der Waals surface area contributed by atoms with Crippen LogP contribution in [-0.4, -0.2) is 9.97 Å². The molecule has 13 heavy (non-hydrogen) atoms. The average molecular weight is 259 g/mol. The van der Waals surface area contributed by atoms with Crippen LogP contribution in [0.5, 0.6) is 0 Å². The largest absolute Gasteiger partial charge is 0.297 e. The topological polar surface area (TPSA) is 45.8 Å². The molecule has 0 atom stereocenters. The molecule has 1 N–H and O–H groups in total. The van der Waals surface area contributed by atoms with Crippen molar-refractivity contribution in [2.45, 2.75) is 0 Å². The molecule has 0 amide bonds. The minimum Gasteiger partial charge on any atom is -0.297 e. The van der Waals surface area contributed by atoms with Crippen molar-refractivity contribution in [3.05, 3.63) is 38.3 Å². The molecule has 5 heteroatoms. The van der Waals surface area contributed by atoms with Gasteiger partial charge in [-0.1, -0.05) is 15.9 Å². The van der Waals surface area contributed by atoms with E-state index in [0.29, 0.717) is 10.9 Å². The lowest BCUT2D eigenvalue weighted by atomic mass is 10.2. The van der Waals surface area contributed by atoms with Gasteiger partial charge in [0.2, 0.25) is 5.28 Å². The van der Waals surface area contributed by atoms with E-state index in [4.69, 9.17) is 11.6 Å². The summed E-state index contributed by atoms with van der Waals surface area (Å²) in [4.78, 5) is 17.7. The molecule has 0 fully saturated rings. The van der Waals surface area contributed by atoms with Crippen molar-refractivity contribution in [3.63, 3.8) is 0 Å². The number of hydrogen-bond acceptors (Lipinski definition) is 2. The Morgan fingerprint density at radius 2 is 2.23 bits per heavy atom. The summed E-state index contributed by atoms with van der Waals surface area (Å²) in [5, 5.41) is 0.638. The van der Waals surface area contributed by atoms with Gasteiger partial charge in [-0.05, 0) is 29.8 Å². The van der Waals surface area contributed by atoms with E-state index in [2.05, 4.69) is 25.9 Å². The Balaban J connectivity index is 2.95. The summed E-state index contributed by atoms with van der Waals surface area (Å²) in [5.41, 5.74) is 0.369. The van der Waals surface area contributed by atoms with E-state index < -0.39 is 0 Å². The number of aromatic nitrogens is 2. The molecule has 0 aliphatic carbocycles. The van der Waals surface area contributed by atoms with Crippen molar-refractivity contribution >= 4 is 38.4 Å². The van der Waals surface area contributed by atoms with E-state index in [1.54, 1.807) is 12.1 Å². The zero-order valence-corrected chi connectivity index (χ0v) is 8.69. The molecule has 0 radical (unpaired) electrons. The number of aromatic amines is 1. The fourth-order valence-electron chi connectivity index (χ4n) is 1.08. The van der Waals surface area contributed by atoms with Crippen molar-refractivity contribution < 1.29 is 0 Å². The third-order valence-corrected chi connectivity index (χ3v) is 2.31. The Labute approximate surface area is 86.9 Å². The molecule has 0 aliphatic rings. The van der Waals surface area contributed by atoms with Gasteiger partial charge in [-0.25, -0.2) is 4.98 Å². The summed E-state index contributed by atoms with van der Waals surface area (Å²) >= 11 is 8.86. The predicted molar refractivity (Wildman–Crippen MR) is 55.1 cm³/mol. The van der Waals surface area contributed by atoms with Gasteiger partial charge in [-0.2, -0.15) is 0 Å². The van der Waals surface area contributed by atoms with Crippen molar-refractivity contribution in [2.75, 3.05) is 0 Å². The first-order valence-electron chi connectivity index (χ1n) is 3.52. The van der Waals surface area contributed by atoms with E-state index >= 15 is 0 Å². The second kappa shape index (κ2) is 3.12. The Kier molecular flexibility index (Phi) is 2.09. The van der Waals surface area contributed by atoms with E-state index in [-0.39, 0.29) is 10.8 Å². The SMILES string of the molecule is O=c1[nH]c(Cl)nc2ccc(Br)cc12. The molecule has 0 saturated carbocycles. The second-order valence-electron chi connectivity index (χ2n) is 2.52. The molecule has 0 unspecified atom stereocenters. The van der Waals surface area contributed by atoms with Gasteiger partial charge < -0.3 is 0 Å². The monoisotopic (exact) mass is 258 g/mol. The van der Waals surface area contributed by atoms with Crippen LogP contribution in [0, 0.1) is 0 Å². The zero-order chi connectivity index (χ0) is 9.42. The number of benzene rings is 1. The first-order valence-corrected chi connectivity index (χ1v) is 4.69. The van der Waals surface area contributed by atoms with Gasteiger partial charge >= 0.3 is 0 Å². The van der Waals surface area contributed by atoms with Gasteiger partial charge in [0.05, 0.1) is 10.9 Å². The van der Waals surface area contributed by atoms with E-state index in [0.717, 1.165) is 4.47 Å². The predicted octanol–water partition coefficient (Wildman–Crippen LogP) is 2.34. The lowest BCUT2D eigenvalue weighted by molar-refractivity contribution is 1.17. The van der Waals surface area contributed by atoms with Crippen molar-refractivity contribution in [1.29, 1.82) is 0 Å². The summed E-state index contributed by atoms with van der Waals surface area (Å²) in [6.07, 6.45) is 0. The third kappa shape index (κ3) is 1.59. The molecule has 1 aromatic carbocycles. The number of nitrogens with zero attached hydrogens (tertiary/aromatic N) is 1. The molecule has 66 valence electrons. The van der Waals surface area contributed by atoms with Crippen LogP contribution >= 0.6 is 27.5 Å². The van der Waals surface area contributed by atoms with E-state index in [1.165, 1.54) is 0 Å². The molecule has 0 bridgehead atoms. The Morgan fingerprint density at radius 3 is 3.00 bits per heavy atom.